The zero-order valence-corrected chi connectivity index (χ0v) is 9.16. The van der Waals surface area contributed by atoms with E-state index in [0.717, 1.165) is 5.57 Å². The maximum Gasteiger partial charge on any atom is 0.188 e. The Balaban J connectivity index is 2.17. The first-order chi connectivity index (χ1) is 7.18. The van der Waals surface area contributed by atoms with E-state index in [1.54, 1.807) is 0 Å². The molecule has 1 aliphatic heterocycles. The number of rotatable bonds is 4. The van der Waals surface area contributed by atoms with Crippen molar-refractivity contribution >= 4 is 5.96 Å². The lowest BCUT2D eigenvalue weighted by Gasteiger charge is -2.23. The molecule has 0 radical (unpaired) electrons. The van der Waals surface area contributed by atoms with Crippen LogP contribution in [0.1, 0.15) is 6.92 Å². The second-order valence-electron chi connectivity index (χ2n) is 3.61. The Morgan fingerprint density at radius 1 is 1.60 bits per heavy atom. The smallest absolute Gasteiger partial charge is 0.188 e. The number of nitrogens with two attached hydrogens (primary N) is 1. The molecule has 15 heavy (non-hydrogen) atoms. The molecule has 0 aromatic carbocycles. The molecule has 0 bridgehead atoms. The first-order valence-corrected chi connectivity index (χ1v) is 5.06. The molecule has 1 unspecified atom stereocenters. The number of nitrogens with one attached hydrogen (secondary N) is 1. The first kappa shape index (κ1) is 12.0. The Labute approximate surface area is 90.3 Å². The standard InChI is InChI=1S/C10H19N3O2/c1-8(2)5-12-10(11)13-6-9-7-14-3-4-15-9/h9H,1,3-7H2,2H3,(H3,11,12,13). The summed E-state index contributed by atoms with van der Waals surface area (Å²) in [6.45, 7) is 8.78. The van der Waals surface area contributed by atoms with Crippen molar-refractivity contribution in [3.8, 4) is 0 Å². The third-order valence-electron chi connectivity index (χ3n) is 1.92. The summed E-state index contributed by atoms with van der Waals surface area (Å²) in [4.78, 5) is 4.10. The average molecular weight is 213 g/mol. The van der Waals surface area contributed by atoms with Gasteiger partial charge < -0.3 is 20.5 Å². The summed E-state index contributed by atoms with van der Waals surface area (Å²) in [5, 5.41) is 2.99. The number of hydrogen-bond acceptors (Lipinski definition) is 3. The van der Waals surface area contributed by atoms with Gasteiger partial charge in [0.2, 0.25) is 0 Å². The third-order valence-corrected chi connectivity index (χ3v) is 1.92. The Hall–Kier alpha value is -1.07. The molecule has 1 heterocycles. The van der Waals surface area contributed by atoms with Crippen LogP contribution in [0.25, 0.3) is 0 Å². The van der Waals surface area contributed by atoms with Gasteiger partial charge in [-0.15, -0.1) is 0 Å². The normalized spacial score (nSPS) is 22.5. The molecule has 86 valence electrons. The third kappa shape index (κ3) is 5.39. The molecule has 0 aromatic heterocycles. The quantitative estimate of drug-likeness (QED) is 0.388. The maximum absolute atomic E-state index is 5.64. The van der Waals surface area contributed by atoms with E-state index in [-0.39, 0.29) is 6.10 Å². The highest BCUT2D eigenvalue weighted by Gasteiger charge is 2.13. The van der Waals surface area contributed by atoms with E-state index < -0.39 is 0 Å². The molecule has 1 aliphatic rings. The molecule has 1 rings (SSSR count). The van der Waals surface area contributed by atoms with Gasteiger partial charge in [-0.25, -0.2) is 4.99 Å². The van der Waals surface area contributed by atoms with Crippen LogP contribution in [-0.4, -0.2) is 45.0 Å². The molecule has 1 atom stereocenters. The number of hydrogen-bond donors (Lipinski definition) is 2. The Morgan fingerprint density at radius 2 is 2.40 bits per heavy atom. The van der Waals surface area contributed by atoms with Crippen LogP contribution in [0.3, 0.4) is 0 Å². The van der Waals surface area contributed by atoms with Crippen molar-refractivity contribution in [2.45, 2.75) is 13.0 Å². The van der Waals surface area contributed by atoms with Crippen LogP contribution in [0.5, 0.6) is 0 Å². The number of guanidine groups is 1. The summed E-state index contributed by atoms with van der Waals surface area (Å²) >= 11 is 0. The zero-order chi connectivity index (χ0) is 11.1. The van der Waals surface area contributed by atoms with Crippen molar-refractivity contribution in [1.82, 2.24) is 5.32 Å². The fourth-order valence-corrected chi connectivity index (χ4v) is 1.15. The molecule has 0 saturated carbocycles. The van der Waals surface area contributed by atoms with Gasteiger partial charge in [0.15, 0.2) is 5.96 Å². The van der Waals surface area contributed by atoms with Gasteiger partial charge in [-0.3, -0.25) is 0 Å². The van der Waals surface area contributed by atoms with Gasteiger partial charge in [-0.05, 0) is 6.92 Å². The zero-order valence-electron chi connectivity index (χ0n) is 9.16. The van der Waals surface area contributed by atoms with Crippen molar-refractivity contribution in [3.63, 3.8) is 0 Å². The fraction of sp³-hybridized carbons (Fsp3) is 0.700. The SMILES string of the molecule is C=C(C)CN=C(N)NCC1COCCO1. The van der Waals surface area contributed by atoms with E-state index in [0.29, 0.717) is 38.9 Å². The molecule has 0 aromatic rings. The van der Waals surface area contributed by atoms with E-state index in [1.807, 2.05) is 6.92 Å². The molecule has 0 aliphatic carbocycles. The lowest BCUT2D eigenvalue weighted by atomic mass is 10.3. The van der Waals surface area contributed by atoms with Crippen LogP contribution in [0, 0.1) is 0 Å². The summed E-state index contributed by atoms with van der Waals surface area (Å²) in [5.41, 5.74) is 6.62. The van der Waals surface area contributed by atoms with Gasteiger partial charge in [0.25, 0.3) is 0 Å². The Morgan fingerprint density at radius 3 is 3.00 bits per heavy atom. The largest absolute Gasteiger partial charge is 0.376 e. The maximum atomic E-state index is 5.64. The Bertz CT molecular complexity index is 235. The molecular weight excluding hydrogens is 194 g/mol. The van der Waals surface area contributed by atoms with Gasteiger partial charge in [0, 0.05) is 6.54 Å². The number of aliphatic imine (C=N–C) groups is 1. The van der Waals surface area contributed by atoms with Crippen LogP contribution in [0.4, 0.5) is 0 Å². The number of ether oxygens (including phenoxy) is 2. The lowest BCUT2D eigenvalue weighted by molar-refractivity contribution is -0.0850. The fourth-order valence-electron chi connectivity index (χ4n) is 1.15. The highest BCUT2D eigenvalue weighted by Crippen LogP contribution is 1.98. The van der Waals surface area contributed by atoms with Gasteiger partial charge in [0.1, 0.15) is 0 Å². The molecular formula is C10H19N3O2. The van der Waals surface area contributed by atoms with E-state index >= 15 is 0 Å². The molecule has 3 N–H and O–H groups in total. The summed E-state index contributed by atoms with van der Waals surface area (Å²) in [7, 11) is 0. The minimum atomic E-state index is 0.0670. The van der Waals surface area contributed by atoms with Crippen molar-refractivity contribution in [3.05, 3.63) is 12.2 Å². The van der Waals surface area contributed by atoms with E-state index in [1.165, 1.54) is 0 Å². The molecule has 5 heteroatoms. The van der Waals surface area contributed by atoms with Crippen LogP contribution in [-0.2, 0) is 9.47 Å². The predicted octanol–water partition coefficient (Wildman–Crippen LogP) is -0.118. The van der Waals surface area contributed by atoms with Gasteiger partial charge in [-0.1, -0.05) is 12.2 Å². The topological polar surface area (TPSA) is 68.9 Å². The van der Waals surface area contributed by atoms with E-state index in [2.05, 4.69) is 16.9 Å². The van der Waals surface area contributed by atoms with E-state index in [9.17, 15) is 0 Å². The van der Waals surface area contributed by atoms with Gasteiger partial charge >= 0.3 is 0 Å². The molecule has 0 amide bonds. The number of nitrogens with zero attached hydrogens (tertiary/aromatic N) is 1. The van der Waals surface area contributed by atoms with Crippen LogP contribution >= 0.6 is 0 Å². The summed E-state index contributed by atoms with van der Waals surface area (Å²) in [5.74, 6) is 0.423. The monoisotopic (exact) mass is 213 g/mol. The lowest BCUT2D eigenvalue weighted by Crippen LogP contribution is -2.42. The summed E-state index contributed by atoms with van der Waals surface area (Å²) in [6.07, 6.45) is 0.0670. The van der Waals surface area contributed by atoms with E-state index in [4.69, 9.17) is 15.2 Å². The average Bonchev–Trinajstić information content (AvgIpc) is 2.25. The Kier molecular flexibility index (Phi) is 5.14. The van der Waals surface area contributed by atoms with Crippen LogP contribution in [0.2, 0.25) is 0 Å². The van der Waals surface area contributed by atoms with Crippen molar-refractivity contribution in [2.24, 2.45) is 10.7 Å². The van der Waals surface area contributed by atoms with Gasteiger partial charge in [0.05, 0.1) is 32.5 Å². The van der Waals surface area contributed by atoms with Crippen molar-refractivity contribution in [2.75, 3.05) is 32.9 Å². The highest BCUT2D eigenvalue weighted by atomic mass is 16.6. The van der Waals surface area contributed by atoms with Crippen LogP contribution < -0.4 is 11.1 Å². The van der Waals surface area contributed by atoms with Crippen LogP contribution in [0.15, 0.2) is 17.1 Å². The van der Waals surface area contributed by atoms with Crippen molar-refractivity contribution < 1.29 is 9.47 Å². The second kappa shape index (κ2) is 6.42. The minimum Gasteiger partial charge on any atom is -0.376 e. The summed E-state index contributed by atoms with van der Waals surface area (Å²) < 4.78 is 10.7. The molecule has 5 nitrogen and oxygen atoms in total. The second-order valence-corrected chi connectivity index (χ2v) is 3.61. The minimum absolute atomic E-state index is 0.0670. The molecule has 0 spiro atoms. The predicted molar refractivity (Wildman–Crippen MR) is 59.9 cm³/mol. The van der Waals surface area contributed by atoms with Gasteiger partial charge in [-0.2, -0.15) is 0 Å². The molecule has 1 fully saturated rings. The molecule has 1 saturated heterocycles. The van der Waals surface area contributed by atoms with Crippen molar-refractivity contribution in [1.29, 1.82) is 0 Å². The first-order valence-electron chi connectivity index (χ1n) is 5.06. The summed E-state index contributed by atoms with van der Waals surface area (Å²) in [6, 6.07) is 0. The highest BCUT2D eigenvalue weighted by molar-refractivity contribution is 5.77.